The molecular weight excluding hydrogens is 266 g/mol. The smallest absolute Gasteiger partial charge is 0.233 e. The molecule has 2 aromatic rings. The van der Waals surface area contributed by atoms with Gasteiger partial charge in [-0.3, -0.25) is 14.6 Å². The highest BCUT2D eigenvalue weighted by Gasteiger charge is 2.09. The minimum Gasteiger partial charge on any atom is -0.350 e. The van der Waals surface area contributed by atoms with E-state index in [1.807, 2.05) is 37.3 Å². The van der Waals surface area contributed by atoms with Crippen LogP contribution >= 0.6 is 0 Å². The zero-order valence-corrected chi connectivity index (χ0v) is 11.8. The molecule has 0 aliphatic heterocycles. The number of nitrogens with one attached hydrogen (secondary N) is 2. The topological polar surface area (TPSA) is 71.1 Å². The molecule has 21 heavy (non-hydrogen) atoms. The monoisotopic (exact) mass is 283 g/mol. The van der Waals surface area contributed by atoms with Gasteiger partial charge in [0.05, 0.1) is 12.2 Å². The maximum atomic E-state index is 11.8. The molecular formula is C16H17N3O2. The van der Waals surface area contributed by atoms with Crippen LogP contribution in [0.1, 0.15) is 17.7 Å². The Morgan fingerprint density at radius 2 is 1.95 bits per heavy atom. The van der Waals surface area contributed by atoms with Crippen LogP contribution < -0.4 is 10.6 Å². The zero-order chi connectivity index (χ0) is 15.1. The average Bonchev–Trinajstić information content (AvgIpc) is 2.46. The van der Waals surface area contributed by atoms with E-state index in [9.17, 15) is 9.59 Å². The number of hydrogen-bond acceptors (Lipinski definition) is 3. The summed E-state index contributed by atoms with van der Waals surface area (Å²) in [6, 6.07) is 12.9. The molecule has 5 nitrogen and oxygen atoms in total. The summed E-state index contributed by atoms with van der Waals surface area (Å²) in [7, 11) is 0. The van der Waals surface area contributed by atoms with Crippen molar-refractivity contribution in [2.45, 2.75) is 19.9 Å². The lowest BCUT2D eigenvalue weighted by molar-refractivity contribution is -0.126. The van der Waals surface area contributed by atoms with Crippen molar-refractivity contribution in [1.82, 2.24) is 10.3 Å². The van der Waals surface area contributed by atoms with Gasteiger partial charge >= 0.3 is 0 Å². The fraction of sp³-hybridized carbons (Fsp3) is 0.188. The molecule has 0 saturated heterocycles. The van der Waals surface area contributed by atoms with Crippen LogP contribution in [0.3, 0.4) is 0 Å². The minimum atomic E-state index is -0.334. The van der Waals surface area contributed by atoms with E-state index in [-0.39, 0.29) is 18.2 Å². The van der Waals surface area contributed by atoms with Gasteiger partial charge in [-0.2, -0.15) is 0 Å². The van der Waals surface area contributed by atoms with E-state index in [1.54, 1.807) is 18.3 Å². The van der Waals surface area contributed by atoms with Crippen LogP contribution in [-0.2, 0) is 16.1 Å². The van der Waals surface area contributed by atoms with Gasteiger partial charge in [-0.25, -0.2) is 0 Å². The van der Waals surface area contributed by atoms with Crippen molar-refractivity contribution in [3.05, 3.63) is 59.9 Å². The number of amides is 2. The summed E-state index contributed by atoms with van der Waals surface area (Å²) in [4.78, 5) is 27.5. The van der Waals surface area contributed by atoms with Gasteiger partial charge in [0.1, 0.15) is 6.42 Å². The number of aromatic nitrogens is 1. The molecule has 2 amide bonds. The van der Waals surface area contributed by atoms with Crippen molar-refractivity contribution in [3.8, 4) is 0 Å². The second kappa shape index (κ2) is 7.19. The molecule has 0 spiro atoms. The van der Waals surface area contributed by atoms with E-state index in [1.165, 1.54) is 0 Å². The molecule has 108 valence electrons. The van der Waals surface area contributed by atoms with Gasteiger partial charge in [-0.1, -0.05) is 18.2 Å². The van der Waals surface area contributed by atoms with E-state index in [2.05, 4.69) is 15.6 Å². The molecule has 2 rings (SSSR count). The van der Waals surface area contributed by atoms with Crippen molar-refractivity contribution in [2.75, 3.05) is 5.32 Å². The van der Waals surface area contributed by atoms with Gasteiger partial charge in [0, 0.05) is 11.9 Å². The Labute approximate surface area is 123 Å². The standard InChI is InChI=1S/C16H17N3O2/c1-12-5-4-7-13(9-12)19-16(21)10-15(20)18-11-14-6-2-3-8-17-14/h2-9H,10-11H2,1H3,(H,18,20)(H,19,21). The highest BCUT2D eigenvalue weighted by atomic mass is 16.2. The number of pyridine rings is 1. The van der Waals surface area contributed by atoms with Crippen molar-refractivity contribution in [2.24, 2.45) is 0 Å². The summed E-state index contributed by atoms with van der Waals surface area (Å²) in [5.41, 5.74) is 2.50. The third-order valence-corrected chi connectivity index (χ3v) is 2.82. The normalized spacial score (nSPS) is 9.95. The molecule has 0 aliphatic carbocycles. The van der Waals surface area contributed by atoms with Crippen LogP contribution in [0.5, 0.6) is 0 Å². The molecule has 1 aromatic carbocycles. The quantitative estimate of drug-likeness (QED) is 0.825. The summed E-state index contributed by atoms with van der Waals surface area (Å²) in [5, 5.41) is 5.36. The van der Waals surface area contributed by atoms with Crippen molar-refractivity contribution in [1.29, 1.82) is 0 Å². The van der Waals surface area contributed by atoms with Crippen molar-refractivity contribution in [3.63, 3.8) is 0 Å². The lowest BCUT2D eigenvalue weighted by Gasteiger charge is -2.07. The summed E-state index contributed by atoms with van der Waals surface area (Å²) in [6.45, 7) is 2.26. The zero-order valence-electron chi connectivity index (χ0n) is 11.8. The largest absolute Gasteiger partial charge is 0.350 e. The number of rotatable bonds is 5. The molecule has 0 fully saturated rings. The number of benzene rings is 1. The summed E-state index contributed by atoms with van der Waals surface area (Å²) in [6.07, 6.45) is 1.45. The summed E-state index contributed by atoms with van der Waals surface area (Å²) in [5.74, 6) is -0.662. The maximum Gasteiger partial charge on any atom is 0.233 e. The first-order valence-corrected chi connectivity index (χ1v) is 6.66. The first-order valence-electron chi connectivity index (χ1n) is 6.66. The molecule has 0 radical (unpaired) electrons. The van der Waals surface area contributed by atoms with Gasteiger partial charge < -0.3 is 10.6 Å². The van der Waals surface area contributed by atoms with Gasteiger partial charge in [0.15, 0.2) is 0 Å². The number of anilines is 1. The molecule has 0 atom stereocenters. The average molecular weight is 283 g/mol. The summed E-state index contributed by atoms with van der Waals surface area (Å²) >= 11 is 0. The van der Waals surface area contributed by atoms with E-state index in [0.29, 0.717) is 12.2 Å². The third-order valence-electron chi connectivity index (χ3n) is 2.82. The van der Waals surface area contributed by atoms with Crippen molar-refractivity contribution < 1.29 is 9.59 Å². The van der Waals surface area contributed by atoms with E-state index < -0.39 is 0 Å². The molecule has 0 unspecified atom stereocenters. The molecule has 1 aromatic heterocycles. The predicted octanol–water partition coefficient (Wildman–Crippen LogP) is 2.04. The molecule has 0 aliphatic rings. The van der Waals surface area contributed by atoms with Gasteiger partial charge in [0.2, 0.25) is 11.8 Å². The number of hydrogen-bond donors (Lipinski definition) is 2. The van der Waals surface area contributed by atoms with Crippen LogP contribution in [0.15, 0.2) is 48.7 Å². The minimum absolute atomic E-state index is 0.208. The highest BCUT2D eigenvalue weighted by Crippen LogP contribution is 2.09. The lowest BCUT2D eigenvalue weighted by Crippen LogP contribution is -2.28. The fourth-order valence-electron chi connectivity index (χ4n) is 1.83. The second-order valence-electron chi connectivity index (χ2n) is 4.69. The van der Waals surface area contributed by atoms with Crippen LogP contribution in [0.2, 0.25) is 0 Å². The van der Waals surface area contributed by atoms with E-state index in [4.69, 9.17) is 0 Å². The Hall–Kier alpha value is -2.69. The SMILES string of the molecule is Cc1cccc(NC(=O)CC(=O)NCc2ccccn2)c1. The third kappa shape index (κ3) is 5.06. The number of aryl methyl sites for hydroxylation is 1. The molecule has 0 bridgehead atoms. The number of carbonyl (C=O) groups excluding carboxylic acids is 2. The van der Waals surface area contributed by atoms with Gasteiger partial charge in [-0.05, 0) is 36.8 Å². The van der Waals surface area contributed by atoms with Crippen LogP contribution in [0.25, 0.3) is 0 Å². The van der Waals surface area contributed by atoms with E-state index >= 15 is 0 Å². The van der Waals surface area contributed by atoms with Crippen LogP contribution in [0, 0.1) is 6.92 Å². The van der Waals surface area contributed by atoms with E-state index in [0.717, 1.165) is 11.3 Å². The first-order chi connectivity index (χ1) is 10.1. The summed E-state index contributed by atoms with van der Waals surface area (Å²) < 4.78 is 0. The Balaban J connectivity index is 1.78. The van der Waals surface area contributed by atoms with Crippen molar-refractivity contribution >= 4 is 17.5 Å². The maximum absolute atomic E-state index is 11.8. The van der Waals surface area contributed by atoms with Gasteiger partial charge in [-0.15, -0.1) is 0 Å². The number of nitrogens with zero attached hydrogens (tertiary/aromatic N) is 1. The Kier molecular flexibility index (Phi) is 5.04. The Morgan fingerprint density at radius 3 is 2.67 bits per heavy atom. The van der Waals surface area contributed by atoms with Crippen LogP contribution in [0.4, 0.5) is 5.69 Å². The molecule has 5 heteroatoms. The molecule has 1 heterocycles. The Morgan fingerprint density at radius 1 is 1.10 bits per heavy atom. The highest BCUT2D eigenvalue weighted by molar-refractivity contribution is 6.03. The molecule has 0 saturated carbocycles. The van der Waals surface area contributed by atoms with Crippen LogP contribution in [-0.4, -0.2) is 16.8 Å². The molecule has 2 N–H and O–H groups in total. The second-order valence-corrected chi connectivity index (χ2v) is 4.69. The fourth-order valence-corrected chi connectivity index (χ4v) is 1.83. The number of carbonyl (C=O) groups is 2. The lowest BCUT2D eigenvalue weighted by atomic mass is 10.2. The predicted molar refractivity (Wildman–Crippen MR) is 80.5 cm³/mol. The Bertz CT molecular complexity index is 626. The van der Waals surface area contributed by atoms with Gasteiger partial charge in [0.25, 0.3) is 0 Å². The first kappa shape index (κ1) is 14.7.